The summed E-state index contributed by atoms with van der Waals surface area (Å²) in [5, 5.41) is 2.91. The van der Waals surface area contributed by atoms with Gasteiger partial charge in [0.1, 0.15) is 12.4 Å². The average molecular weight is 301 g/mol. The summed E-state index contributed by atoms with van der Waals surface area (Å²) in [6.45, 7) is 1.41. The maximum Gasteiger partial charge on any atom is 0.224 e. The molecule has 2 rings (SSSR count). The Kier molecular flexibility index (Phi) is 5.67. The highest BCUT2D eigenvalue weighted by molar-refractivity contribution is 5.78. The number of hydrogen-bond donors (Lipinski definition) is 2. The van der Waals surface area contributed by atoms with Crippen LogP contribution in [0.5, 0.6) is 0 Å². The summed E-state index contributed by atoms with van der Waals surface area (Å²) in [5.41, 5.74) is 3.04. The number of benzene rings is 2. The van der Waals surface area contributed by atoms with Gasteiger partial charge in [-0.3, -0.25) is 4.79 Å². The maximum absolute atomic E-state index is 13.1. The lowest BCUT2D eigenvalue weighted by Gasteiger charge is -2.13. The Morgan fingerprint density at radius 3 is 2.50 bits per heavy atom. The molecule has 2 N–H and O–H groups in total. The van der Waals surface area contributed by atoms with E-state index in [1.165, 1.54) is 22.6 Å². The molecule has 22 heavy (non-hydrogen) atoms. The Labute approximate surface area is 130 Å². The zero-order chi connectivity index (χ0) is 15.9. The number of halogens is 1. The molecule has 0 spiro atoms. The van der Waals surface area contributed by atoms with Crippen molar-refractivity contribution < 1.29 is 14.1 Å². The maximum atomic E-state index is 13.1. The first-order valence-electron chi connectivity index (χ1n) is 7.41. The van der Waals surface area contributed by atoms with E-state index in [1.54, 1.807) is 12.1 Å². The van der Waals surface area contributed by atoms with E-state index in [-0.39, 0.29) is 18.1 Å². The standard InChI is InChI=1S/C18H21FN2O/c1-21(2)13-16-8-4-3-7-15(16)12-20-18(22)11-14-6-5-9-17(19)10-14/h3-10H,11-13H2,1-2H3,(H,20,22)/p+1. The number of quaternary nitrogens is 1. The number of amides is 1. The molecule has 0 aromatic heterocycles. The SMILES string of the molecule is C[NH+](C)Cc1ccccc1CNC(=O)Cc1cccc(F)c1. The van der Waals surface area contributed by atoms with Gasteiger partial charge in [0.25, 0.3) is 0 Å². The Morgan fingerprint density at radius 2 is 1.82 bits per heavy atom. The molecule has 116 valence electrons. The zero-order valence-electron chi connectivity index (χ0n) is 13.0. The van der Waals surface area contributed by atoms with Gasteiger partial charge in [0.05, 0.1) is 20.5 Å². The highest BCUT2D eigenvalue weighted by Gasteiger charge is 2.08. The topological polar surface area (TPSA) is 33.5 Å². The van der Waals surface area contributed by atoms with Crippen LogP contribution in [0.2, 0.25) is 0 Å². The van der Waals surface area contributed by atoms with Gasteiger partial charge >= 0.3 is 0 Å². The molecule has 0 aliphatic carbocycles. The molecule has 0 unspecified atom stereocenters. The first-order valence-corrected chi connectivity index (χ1v) is 7.41. The van der Waals surface area contributed by atoms with Crippen LogP contribution in [-0.2, 0) is 24.3 Å². The molecule has 1 amide bonds. The quantitative estimate of drug-likeness (QED) is 0.829. The summed E-state index contributed by atoms with van der Waals surface area (Å²) >= 11 is 0. The minimum Gasteiger partial charge on any atom is -0.352 e. The van der Waals surface area contributed by atoms with Crippen molar-refractivity contribution in [3.05, 3.63) is 71.0 Å². The van der Waals surface area contributed by atoms with Crippen LogP contribution < -0.4 is 10.2 Å². The van der Waals surface area contributed by atoms with Crippen molar-refractivity contribution in [3.8, 4) is 0 Å². The van der Waals surface area contributed by atoms with Gasteiger partial charge in [0.2, 0.25) is 5.91 Å². The summed E-state index contributed by atoms with van der Waals surface area (Å²) in [6, 6.07) is 14.2. The molecule has 0 aliphatic rings. The highest BCUT2D eigenvalue weighted by atomic mass is 19.1. The summed E-state index contributed by atoms with van der Waals surface area (Å²) in [5.74, 6) is -0.415. The van der Waals surface area contributed by atoms with Gasteiger partial charge in [-0.2, -0.15) is 0 Å². The fourth-order valence-electron chi connectivity index (χ4n) is 2.37. The van der Waals surface area contributed by atoms with E-state index in [4.69, 9.17) is 0 Å². The third-order valence-electron chi connectivity index (χ3n) is 3.39. The van der Waals surface area contributed by atoms with Crippen molar-refractivity contribution in [1.82, 2.24) is 5.32 Å². The molecule has 0 radical (unpaired) electrons. The van der Waals surface area contributed by atoms with Crippen LogP contribution in [-0.4, -0.2) is 20.0 Å². The Hall–Kier alpha value is -2.20. The fourth-order valence-corrected chi connectivity index (χ4v) is 2.37. The lowest BCUT2D eigenvalue weighted by molar-refractivity contribution is -0.872. The largest absolute Gasteiger partial charge is 0.352 e. The van der Waals surface area contributed by atoms with Crippen molar-refractivity contribution in [2.24, 2.45) is 0 Å². The third-order valence-corrected chi connectivity index (χ3v) is 3.39. The van der Waals surface area contributed by atoms with E-state index in [1.807, 2.05) is 18.2 Å². The van der Waals surface area contributed by atoms with Crippen molar-refractivity contribution in [2.45, 2.75) is 19.5 Å². The van der Waals surface area contributed by atoms with Gasteiger partial charge in [0.15, 0.2) is 0 Å². The Morgan fingerprint density at radius 1 is 1.09 bits per heavy atom. The molecule has 0 fully saturated rings. The summed E-state index contributed by atoms with van der Waals surface area (Å²) in [6.07, 6.45) is 0.193. The molecule has 0 atom stereocenters. The van der Waals surface area contributed by atoms with Gasteiger partial charge in [-0.05, 0) is 23.3 Å². The van der Waals surface area contributed by atoms with Gasteiger partial charge in [-0.1, -0.05) is 36.4 Å². The van der Waals surface area contributed by atoms with E-state index < -0.39 is 0 Å². The van der Waals surface area contributed by atoms with Crippen molar-refractivity contribution in [3.63, 3.8) is 0 Å². The normalized spacial score (nSPS) is 10.7. The van der Waals surface area contributed by atoms with Gasteiger partial charge < -0.3 is 10.2 Å². The summed E-state index contributed by atoms with van der Waals surface area (Å²) in [4.78, 5) is 13.3. The number of carbonyl (C=O) groups is 1. The fraction of sp³-hybridized carbons (Fsp3) is 0.278. The molecule has 0 saturated heterocycles. The van der Waals surface area contributed by atoms with E-state index in [2.05, 4.69) is 25.5 Å². The van der Waals surface area contributed by atoms with Crippen LogP contribution in [0.1, 0.15) is 16.7 Å². The van der Waals surface area contributed by atoms with Crippen molar-refractivity contribution in [1.29, 1.82) is 0 Å². The Bertz CT molecular complexity index is 640. The molecule has 2 aromatic carbocycles. The second kappa shape index (κ2) is 7.71. The lowest BCUT2D eigenvalue weighted by Crippen LogP contribution is -3.04. The second-order valence-electron chi connectivity index (χ2n) is 5.74. The lowest BCUT2D eigenvalue weighted by atomic mass is 10.1. The zero-order valence-corrected chi connectivity index (χ0v) is 13.0. The van der Waals surface area contributed by atoms with Crippen LogP contribution in [0.15, 0.2) is 48.5 Å². The minimum atomic E-state index is -0.315. The van der Waals surface area contributed by atoms with Gasteiger partial charge in [-0.15, -0.1) is 0 Å². The molecule has 0 aliphatic heterocycles. The first kappa shape index (κ1) is 16.2. The number of hydrogen-bond acceptors (Lipinski definition) is 1. The van der Waals surface area contributed by atoms with Gasteiger partial charge in [-0.25, -0.2) is 4.39 Å². The number of rotatable bonds is 6. The first-order chi connectivity index (χ1) is 10.5. The molecule has 3 nitrogen and oxygen atoms in total. The predicted octanol–water partition coefficient (Wildman–Crippen LogP) is 1.33. The Balaban J connectivity index is 1.94. The predicted molar refractivity (Wildman–Crippen MR) is 84.9 cm³/mol. The van der Waals surface area contributed by atoms with Gasteiger partial charge in [0, 0.05) is 12.1 Å². The van der Waals surface area contributed by atoms with E-state index in [0.717, 1.165) is 12.1 Å². The third kappa shape index (κ3) is 4.97. The second-order valence-corrected chi connectivity index (χ2v) is 5.74. The molecule has 2 aromatic rings. The van der Waals surface area contributed by atoms with E-state index in [9.17, 15) is 9.18 Å². The smallest absolute Gasteiger partial charge is 0.224 e. The molecule has 0 bridgehead atoms. The monoisotopic (exact) mass is 301 g/mol. The van der Waals surface area contributed by atoms with Crippen LogP contribution in [0, 0.1) is 5.82 Å². The molecular formula is C18H22FN2O+. The number of nitrogens with one attached hydrogen (secondary N) is 2. The van der Waals surface area contributed by atoms with Crippen molar-refractivity contribution >= 4 is 5.91 Å². The van der Waals surface area contributed by atoms with E-state index in [0.29, 0.717) is 12.1 Å². The van der Waals surface area contributed by atoms with Crippen LogP contribution in [0.3, 0.4) is 0 Å². The molecule has 0 heterocycles. The minimum absolute atomic E-state index is 0.0994. The molecular weight excluding hydrogens is 279 g/mol. The van der Waals surface area contributed by atoms with Crippen LogP contribution in [0.4, 0.5) is 4.39 Å². The summed E-state index contributed by atoms with van der Waals surface area (Å²) in [7, 11) is 4.19. The molecule has 0 saturated carbocycles. The van der Waals surface area contributed by atoms with Crippen molar-refractivity contribution in [2.75, 3.05) is 14.1 Å². The summed E-state index contributed by atoms with van der Waals surface area (Å²) < 4.78 is 13.1. The molecule has 4 heteroatoms. The average Bonchev–Trinajstić information content (AvgIpc) is 2.46. The van der Waals surface area contributed by atoms with E-state index >= 15 is 0 Å². The van der Waals surface area contributed by atoms with Crippen LogP contribution in [0.25, 0.3) is 0 Å². The van der Waals surface area contributed by atoms with Crippen LogP contribution >= 0.6 is 0 Å². The highest BCUT2D eigenvalue weighted by Crippen LogP contribution is 2.08. The number of carbonyl (C=O) groups excluding carboxylic acids is 1.